The summed E-state index contributed by atoms with van der Waals surface area (Å²) in [7, 11) is 2.14. The van der Waals surface area contributed by atoms with Gasteiger partial charge in [-0.2, -0.15) is 0 Å². The van der Waals surface area contributed by atoms with Crippen molar-refractivity contribution in [1.29, 1.82) is 0 Å². The monoisotopic (exact) mass is 610 g/mol. The molecule has 3 aliphatic heterocycles. The third-order valence-electron chi connectivity index (χ3n) is 6.90. The largest absolute Gasteiger partial charge is 0.341 e. The summed E-state index contributed by atoms with van der Waals surface area (Å²) in [4.78, 5) is 31.0. The number of hydrogen-bond acceptors (Lipinski definition) is 6. The first kappa shape index (κ1) is 27.9. The van der Waals surface area contributed by atoms with Crippen molar-refractivity contribution in [3.05, 3.63) is 0 Å². The van der Waals surface area contributed by atoms with Crippen LogP contribution in [0.15, 0.2) is 0 Å². The molecule has 0 aromatic rings. The maximum atomic E-state index is 13.7. The van der Waals surface area contributed by atoms with Crippen LogP contribution in [0.2, 0.25) is 0 Å². The van der Waals surface area contributed by atoms with Gasteiger partial charge in [-0.25, -0.2) is 0 Å². The van der Waals surface area contributed by atoms with Crippen molar-refractivity contribution in [3.63, 3.8) is 0 Å². The van der Waals surface area contributed by atoms with E-state index in [9.17, 15) is 9.59 Å². The van der Waals surface area contributed by atoms with Crippen LogP contribution in [0.1, 0.15) is 53.4 Å². The van der Waals surface area contributed by atoms with Crippen LogP contribution in [-0.2, 0) is 9.59 Å². The molecule has 0 unspecified atom stereocenters. The summed E-state index contributed by atoms with van der Waals surface area (Å²) in [5.74, 6) is 4.30. The highest BCUT2D eigenvalue weighted by atomic mass is 127. The van der Waals surface area contributed by atoms with Crippen molar-refractivity contribution in [2.45, 2.75) is 69.5 Å². The summed E-state index contributed by atoms with van der Waals surface area (Å²) in [6.07, 6.45) is 3.68. The van der Waals surface area contributed by atoms with Gasteiger partial charge in [0, 0.05) is 55.6 Å². The van der Waals surface area contributed by atoms with Crippen molar-refractivity contribution in [1.82, 2.24) is 18.2 Å². The smallest absolute Gasteiger partial charge is 0.245 e. The summed E-state index contributed by atoms with van der Waals surface area (Å²) < 4.78 is 2.54. The van der Waals surface area contributed by atoms with E-state index in [1.807, 2.05) is 4.90 Å². The van der Waals surface area contributed by atoms with Crippen molar-refractivity contribution < 1.29 is 9.59 Å². The number of amides is 2. The van der Waals surface area contributed by atoms with Gasteiger partial charge in [0.05, 0.1) is 10.1 Å². The number of piperidine rings is 1. The Kier molecular flexibility index (Phi) is 10.6. The van der Waals surface area contributed by atoms with Crippen LogP contribution >= 0.6 is 46.4 Å². The molecule has 2 amide bonds. The summed E-state index contributed by atoms with van der Waals surface area (Å²) in [6, 6.07) is -0.478. The lowest BCUT2D eigenvalue weighted by Crippen LogP contribution is -2.62. The quantitative estimate of drug-likeness (QED) is 0.332. The van der Waals surface area contributed by atoms with Gasteiger partial charge in [0.2, 0.25) is 11.8 Å². The number of likely N-dealkylation sites (tertiary alicyclic amines) is 1. The fraction of sp³-hybridized carbons (Fsp3) is 0.917. The normalized spacial score (nSPS) is 25.5. The molecule has 3 fully saturated rings. The number of halogens is 1. The van der Waals surface area contributed by atoms with Gasteiger partial charge in [0.15, 0.2) is 0 Å². The molecule has 0 aliphatic carbocycles. The molecule has 0 aromatic carbocycles. The highest BCUT2D eigenvalue weighted by molar-refractivity contribution is 14.1. The maximum Gasteiger partial charge on any atom is 0.245 e. The van der Waals surface area contributed by atoms with Crippen LogP contribution in [0, 0.1) is 17.8 Å². The van der Waals surface area contributed by atoms with Crippen LogP contribution in [-0.4, -0.2) is 92.2 Å². The molecular formula is C24H43IN4O2S2. The van der Waals surface area contributed by atoms with Gasteiger partial charge in [-0.1, -0.05) is 27.7 Å². The molecule has 9 heteroatoms. The molecule has 0 aromatic heterocycles. The molecular weight excluding hydrogens is 567 g/mol. The highest BCUT2D eigenvalue weighted by Crippen LogP contribution is 2.50. The van der Waals surface area contributed by atoms with E-state index in [1.165, 1.54) is 11.5 Å². The zero-order valence-electron chi connectivity index (χ0n) is 21.0. The van der Waals surface area contributed by atoms with E-state index in [-0.39, 0.29) is 28.0 Å². The second-order valence-electron chi connectivity index (χ2n) is 10.8. The molecule has 2 atom stereocenters. The van der Waals surface area contributed by atoms with Crippen molar-refractivity contribution in [2.24, 2.45) is 17.8 Å². The molecule has 6 nitrogen and oxygen atoms in total. The summed E-state index contributed by atoms with van der Waals surface area (Å²) in [5.41, 5.74) is 0. The van der Waals surface area contributed by atoms with Crippen LogP contribution in [0.5, 0.6) is 0 Å². The molecule has 0 bridgehead atoms. The number of nitrogens with one attached hydrogen (secondary N) is 1. The Labute approximate surface area is 223 Å². The highest BCUT2D eigenvalue weighted by Gasteiger charge is 2.43. The fourth-order valence-corrected chi connectivity index (χ4v) is 9.10. The minimum Gasteiger partial charge on any atom is -0.341 e. The van der Waals surface area contributed by atoms with Crippen LogP contribution in [0.25, 0.3) is 0 Å². The van der Waals surface area contributed by atoms with Crippen LogP contribution in [0.4, 0.5) is 0 Å². The van der Waals surface area contributed by atoms with Crippen molar-refractivity contribution in [2.75, 3.05) is 51.3 Å². The number of carbonyl (C=O) groups is 2. The standard InChI is InChI=1S/C24H43IN4O2S2/c1-17(2)12-20-22(30)29(11-8-26-20)21(13-18(3)4)23(31)28-9-6-24(7-10-28)32-15-19(16-33-24)14-27(5)25/h17-21,26H,6-16H2,1-5H3/t20-,21-/m0/s1. The van der Waals surface area contributed by atoms with E-state index in [2.05, 4.69) is 94.5 Å². The Balaban J connectivity index is 1.61. The zero-order valence-corrected chi connectivity index (χ0v) is 24.8. The lowest BCUT2D eigenvalue weighted by atomic mass is 9.96. The lowest BCUT2D eigenvalue weighted by Gasteiger charge is -2.46. The zero-order chi connectivity index (χ0) is 24.2. The predicted octanol–water partition coefficient (Wildman–Crippen LogP) is 3.94. The minimum atomic E-state index is -0.321. The number of rotatable bonds is 8. The van der Waals surface area contributed by atoms with E-state index >= 15 is 0 Å². The molecule has 1 spiro atoms. The molecule has 190 valence electrons. The summed E-state index contributed by atoms with van der Waals surface area (Å²) in [6.45, 7) is 12.8. The number of hydrogen-bond donors (Lipinski definition) is 1. The molecule has 3 aliphatic rings. The van der Waals surface area contributed by atoms with Crippen molar-refractivity contribution in [3.8, 4) is 0 Å². The van der Waals surface area contributed by atoms with E-state index in [0.717, 1.165) is 57.8 Å². The van der Waals surface area contributed by atoms with Crippen molar-refractivity contribution >= 4 is 58.2 Å². The first-order valence-corrected chi connectivity index (χ1v) is 15.5. The number of nitrogens with zero attached hydrogens (tertiary/aromatic N) is 3. The summed E-state index contributed by atoms with van der Waals surface area (Å²) in [5, 5.41) is 3.39. The molecule has 33 heavy (non-hydrogen) atoms. The molecule has 3 saturated heterocycles. The topological polar surface area (TPSA) is 55.9 Å². The van der Waals surface area contributed by atoms with Gasteiger partial charge >= 0.3 is 0 Å². The van der Waals surface area contributed by atoms with Crippen LogP contribution in [0.3, 0.4) is 0 Å². The van der Waals surface area contributed by atoms with Crippen LogP contribution < -0.4 is 5.32 Å². The van der Waals surface area contributed by atoms with Gasteiger partial charge in [-0.05, 0) is 62.0 Å². The number of piperazine rings is 1. The molecule has 3 rings (SSSR count). The Morgan fingerprint density at radius 2 is 1.79 bits per heavy atom. The second-order valence-corrected chi connectivity index (χ2v) is 15.5. The van der Waals surface area contributed by atoms with E-state index in [1.54, 1.807) is 0 Å². The summed E-state index contributed by atoms with van der Waals surface area (Å²) >= 11 is 6.63. The third-order valence-corrected chi connectivity index (χ3v) is 11.1. The number of thioether (sulfide) groups is 2. The maximum absolute atomic E-state index is 13.7. The Hall–Kier alpha value is 0.290. The Bertz CT molecular complexity index is 661. The fourth-order valence-electron chi connectivity index (χ4n) is 5.19. The van der Waals surface area contributed by atoms with E-state index < -0.39 is 0 Å². The van der Waals surface area contributed by atoms with E-state index in [0.29, 0.717) is 18.4 Å². The first-order valence-electron chi connectivity index (χ1n) is 12.6. The lowest BCUT2D eigenvalue weighted by molar-refractivity contribution is -0.150. The Morgan fingerprint density at radius 1 is 1.15 bits per heavy atom. The first-order chi connectivity index (χ1) is 15.6. The van der Waals surface area contributed by atoms with Gasteiger partial charge in [0.25, 0.3) is 0 Å². The minimum absolute atomic E-state index is 0.118. The van der Waals surface area contributed by atoms with Gasteiger partial charge in [-0.3, -0.25) is 12.7 Å². The van der Waals surface area contributed by atoms with Gasteiger partial charge in [-0.15, -0.1) is 23.5 Å². The predicted molar refractivity (Wildman–Crippen MR) is 150 cm³/mol. The molecule has 0 saturated carbocycles. The van der Waals surface area contributed by atoms with E-state index in [4.69, 9.17) is 0 Å². The Morgan fingerprint density at radius 3 is 2.33 bits per heavy atom. The van der Waals surface area contributed by atoms with Gasteiger partial charge in [0.1, 0.15) is 6.04 Å². The third kappa shape index (κ3) is 7.64. The molecule has 0 radical (unpaired) electrons. The SMILES string of the molecule is CC(C)C[C@@H]1NCCN([C@@H](CC(C)C)C(=O)N2CCC3(CC2)SCC(CN(C)I)CS3)C1=O. The average Bonchev–Trinajstić information content (AvgIpc) is 2.75. The molecule has 1 N–H and O–H groups in total. The second kappa shape index (κ2) is 12.5. The number of carbonyl (C=O) groups excluding carboxylic acids is 2. The molecule has 3 heterocycles. The average molecular weight is 611 g/mol. The van der Waals surface area contributed by atoms with Gasteiger partial charge < -0.3 is 15.1 Å².